The van der Waals surface area contributed by atoms with E-state index < -0.39 is 7.80 Å². The minimum Gasteiger partial charge on any atom is -0.462 e. The van der Waals surface area contributed by atoms with Crippen LogP contribution in [0, 0.1) is 0 Å². The molecule has 1 rings (SSSR count). The molecule has 0 aliphatic carbocycles. The van der Waals surface area contributed by atoms with Crippen molar-refractivity contribution in [1.29, 1.82) is 0 Å². The third kappa shape index (κ3) is 8.03. The van der Waals surface area contributed by atoms with Crippen LogP contribution in [0.2, 0.25) is 0 Å². The highest BCUT2D eigenvalue weighted by Gasteiger charge is 2.27. The van der Waals surface area contributed by atoms with Gasteiger partial charge in [0, 0.05) is 6.61 Å². The molecule has 0 spiro atoms. The molecule has 1 aromatic carbocycles. The first-order valence-corrected chi connectivity index (χ1v) is 10.4. The summed E-state index contributed by atoms with van der Waals surface area (Å²) in [5, 5.41) is 0.574. The zero-order chi connectivity index (χ0) is 17.6. The zero-order valence-corrected chi connectivity index (χ0v) is 15.9. The average molecular weight is 353 g/mol. The van der Waals surface area contributed by atoms with Gasteiger partial charge in [0.05, 0.1) is 13.2 Å². The molecule has 0 radical (unpaired) electrons. The van der Waals surface area contributed by atoms with Gasteiger partial charge < -0.3 is 9.47 Å². The smallest absolute Gasteiger partial charge is 0.380 e. The van der Waals surface area contributed by atoms with E-state index in [1.807, 2.05) is 0 Å². The molecular weight excluding hydrogens is 323 g/mol. The molecule has 5 heteroatoms. The fourth-order valence-electron chi connectivity index (χ4n) is 2.28. The minimum atomic E-state index is -1.65. The lowest BCUT2D eigenvalue weighted by Crippen LogP contribution is -2.17. The summed E-state index contributed by atoms with van der Waals surface area (Å²) < 4.78 is 23.3. The topological polar surface area (TPSA) is 52.6 Å². The Balaban J connectivity index is 2.49. The average Bonchev–Trinajstić information content (AvgIpc) is 2.61. The maximum Gasteiger partial charge on any atom is 0.380 e. The molecule has 0 bridgehead atoms. The number of unbranched alkanes of at least 4 members (excludes halogenated alkanes) is 4. The Bertz CT molecular complexity index is 502. The van der Waals surface area contributed by atoms with Gasteiger partial charge in [-0.05, 0) is 25.0 Å². The number of hydrogen-bond donors (Lipinski definition) is 0. The van der Waals surface area contributed by atoms with E-state index in [2.05, 4.69) is 13.8 Å². The first-order chi connectivity index (χ1) is 11.7. The lowest BCUT2D eigenvalue weighted by Gasteiger charge is -2.05. The summed E-state index contributed by atoms with van der Waals surface area (Å²) >= 11 is 0. The molecule has 4 nitrogen and oxygen atoms in total. The van der Waals surface area contributed by atoms with E-state index in [0.717, 1.165) is 38.5 Å². The van der Waals surface area contributed by atoms with Crippen LogP contribution in [-0.2, 0) is 14.0 Å². The lowest BCUT2D eigenvalue weighted by molar-refractivity contribution is 0.0499. The van der Waals surface area contributed by atoms with Crippen LogP contribution in [-0.4, -0.2) is 32.0 Å². The van der Waals surface area contributed by atoms with Crippen LogP contribution in [0.25, 0.3) is 0 Å². The molecule has 1 atom stereocenters. The van der Waals surface area contributed by atoms with Crippen molar-refractivity contribution in [1.82, 2.24) is 0 Å². The number of hydrogen-bond acceptors (Lipinski definition) is 4. The molecule has 0 amide bonds. The maximum atomic E-state index is 12.5. The second-order valence-electron chi connectivity index (χ2n) is 5.78. The lowest BCUT2D eigenvalue weighted by atomic mass is 10.2. The van der Waals surface area contributed by atoms with Gasteiger partial charge in [-0.15, -0.1) is 0 Å². The van der Waals surface area contributed by atoms with Gasteiger partial charge in [0.25, 0.3) is 0 Å². The SMILES string of the molecule is CCCCCOCC[P+](=O)c1ccccc1C(=O)OCCCCC. The third-order valence-electron chi connectivity index (χ3n) is 3.70. The van der Waals surface area contributed by atoms with Crippen LogP contribution in [0.3, 0.4) is 0 Å². The summed E-state index contributed by atoms with van der Waals surface area (Å²) in [5.41, 5.74) is 0.418. The highest BCUT2D eigenvalue weighted by Crippen LogP contribution is 2.22. The zero-order valence-electron chi connectivity index (χ0n) is 15.0. The van der Waals surface area contributed by atoms with Crippen molar-refractivity contribution in [3.8, 4) is 0 Å². The van der Waals surface area contributed by atoms with Crippen LogP contribution < -0.4 is 5.30 Å². The van der Waals surface area contributed by atoms with Crippen molar-refractivity contribution in [2.24, 2.45) is 0 Å². The Hall–Kier alpha value is -1.25. The summed E-state index contributed by atoms with van der Waals surface area (Å²) in [6.07, 6.45) is 6.76. The quantitative estimate of drug-likeness (QED) is 0.293. The van der Waals surface area contributed by atoms with Gasteiger partial charge in [-0.2, -0.15) is 0 Å². The number of rotatable bonds is 13. The Kier molecular flexibility index (Phi) is 11.3. The van der Waals surface area contributed by atoms with Crippen LogP contribution >= 0.6 is 7.80 Å². The first-order valence-electron chi connectivity index (χ1n) is 8.99. The molecule has 0 aromatic heterocycles. The molecular formula is C19H30O4P+. The molecule has 0 fully saturated rings. The van der Waals surface area contributed by atoms with Gasteiger partial charge in [0.15, 0.2) is 6.16 Å². The van der Waals surface area contributed by atoms with E-state index in [4.69, 9.17) is 9.47 Å². The van der Waals surface area contributed by atoms with Gasteiger partial charge in [-0.25, -0.2) is 4.79 Å². The standard InChI is InChI=1S/C19H30O4P/c1-3-5-9-13-22-15-16-24(21)18-12-8-7-11-17(18)19(20)23-14-10-6-4-2/h7-8,11-12H,3-6,9-10,13-16H2,1-2H3/q+1. The van der Waals surface area contributed by atoms with E-state index in [9.17, 15) is 9.36 Å². The van der Waals surface area contributed by atoms with Gasteiger partial charge in [-0.3, -0.25) is 0 Å². The molecule has 0 N–H and O–H groups in total. The van der Waals surface area contributed by atoms with E-state index in [1.54, 1.807) is 24.3 Å². The van der Waals surface area contributed by atoms with Crippen molar-refractivity contribution in [2.75, 3.05) is 26.0 Å². The molecule has 1 unspecified atom stereocenters. The van der Waals surface area contributed by atoms with Gasteiger partial charge in [0.2, 0.25) is 5.30 Å². The molecule has 134 valence electrons. The number of ether oxygens (including phenoxy) is 2. The highest BCUT2D eigenvalue weighted by molar-refractivity contribution is 7.53. The van der Waals surface area contributed by atoms with E-state index in [-0.39, 0.29) is 5.97 Å². The normalized spacial score (nSPS) is 11.3. The predicted molar refractivity (Wildman–Crippen MR) is 98.7 cm³/mol. The maximum absolute atomic E-state index is 12.5. The number of benzene rings is 1. The number of carbonyl (C=O) groups excluding carboxylic acids is 1. The highest BCUT2D eigenvalue weighted by atomic mass is 31.1. The third-order valence-corrected chi connectivity index (χ3v) is 5.22. The molecule has 0 aliphatic heterocycles. The fraction of sp³-hybridized carbons (Fsp3) is 0.632. The second kappa shape index (κ2) is 13.1. The van der Waals surface area contributed by atoms with Crippen LogP contribution in [0.4, 0.5) is 0 Å². The monoisotopic (exact) mass is 353 g/mol. The number of esters is 1. The van der Waals surface area contributed by atoms with Crippen molar-refractivity contribution >= 4 is 19.1 Å². The molecule has 0 heterocycles. The second-order valence-corrected chi connectivity index (χ2v) is 7.47. The Morgan fingerprint density at radius 2 is 1.62 bits per heavy atom. The van der Waals surface area contributed by atoms with Gasteiger partial charge >= 0.3 is 13.8 Å². The van der Waals surface area contributed by atoms with Crippen LogP contribution in [0.15, 0.2) is 24.3 Å². The summed E-state index contributed by atoms with van der Waals surface area (Å²) in [5.74, 6) is -0.381. The molecule has 0 aliphatic rings. The molecule has 0 saturated heterocycles. The summed E-state index contributed by atoms with van der Waals surface area (Å²) in [6, 6.07) is 7.01. The molecule has 1 aromatic rings. The first kappa shape index (κ1) is 20.8. The van der Waals surface area contributed by atoms with Crippen molar-refractivity contribution in [3.05, 3.63) is 29.8 Å². The van der Waals surface area contributed by atoms with E-state index in [0.29, 0.717) is 36.9 Å². The fourth-order valence-corrected chi connectivity index (χ4v) is 3.51. The van der Waals surface area contributed by atoms with E-state index >= 15 is 0 Å². The van der Waals surface area contributed by atoms with Crippen LogP contribution in [0.5, 0.6) is 0 Å². The largest absolute Gasteiger partial charge is 0.462 e. The Labute approximate surface area is 146 Å². The Morgan fingerprint density at radius 1 is 0.958 bits per heavy atom. The predicted octanol–water partition coefficient (Wildman–Crippen LogP) is 4.69. The number of carbonyl (C=O) groups is 1. The van der Waals surface area contributed by atoms with Crippen LogP contribution in [0.1, 0.15) is 62.7 Å². The van der Waals surface area contributed by atoms with Gasteiger partial charge in [0.1, 0.15) is 5.56 Å². The Morgan fingerprint density at radius 3 is 2.33 bits per heavy atom. The van der Waals surface area contributed by atoms with Crippen molar-refractivity contribution in [3.63, 3.8) is 0 Å². The summed E-state index contributed by atoms with van der Waals surface area (Å²) in [6.45, 7) is 5.83. The van der Waals surface area contributed by atoms with E-state index in [1.165, 1.54) is 0 Å². The van der Waals surface area contributed by atoms with Gasteiger partial charge in [-0.1, -0.05) is 56.2 Å². The molecule has 0 saturated carbocycles. The van der Waals surface area contributed by atoms with Crippen molar-refractivity contribution < 1.29 is 18.8 Å². The molecule has 24 heavy (non-hydrogen) atoms. The summed E-state index contributed by atoms with van der Waals surface area (Å²) in [4.78, 5) is 12.2. The van der Waals surface area contributed by atoms with Crippen molar-refractivity contribution in [2.45, 2.75) is 52.4 Å². The summed E-state index contributed by atoms with van der Waals surface area (Å²) in [7, 11) is -1.65. The minimum absolute atomic E-state index is 0.381.